The van der Waals surface area contributed by atoms with Gasteiger partial charge in [-0.25, -0.2) is 4.79 Å². The number of fused-ring (bicyclic) bond motifs is 4. The lowest BCUT2D eigenvalue weighted by Crippen LogP contribution is -2.53. The van der Waals surface area contributed by atoms with Crippen molar-refractivity contribution in [3.8, 4) is 16.9 Å². The van der Waals surface area contributed by atoms with Crippen molar-refractivity contribution in [2.75, 3.05) is 19.6 Å². The molecule has 4 aliphatic rings. The zero-order chi connectivity index (χ0) is 24.1. The Morgan fingerprint density at radius 2 is 1.74 bits per heavy atom. The number of rotatable bonds is 4. The number of benzene rings is 2. The van der Waals surface area contributed by atoms with Gasteiger partial charge in [0.25, 0.3) is 0 Å². The van der Waals surface area contributed by atoms with Crippen LogP contribution in [0.3, 0.4) is 0 Å². The van der Waals surface area contributed by atoms with E-state index in [9.17, 15) is 18.0 Å². The monoisotopic (exact) mass is 474 g/mol. The molecule has 5 nitrogen and oxygen atoms in total. The molecular formula is C26H29F3N2O3. The number of carbonyl (C=O) groups is 1. The van der Waals surface area contributed by atoms with Crippen LogP contribution in [-0.2, 0) is 11.2 Å². The summed E-state index contributed by atoms with van der Waals surface area (Å²) in [5.41, 5.74) is 3.62. The Morgan fingerprint density at radius 1 is 1.06 bits per heavy atom. The fourth-order valence-corrected chi connectivity index (χ4v) is 5.67. The highest BCUT2D eigenvalue weighted by Gasteiger charge is 2.42. The molecule has 2 bridgehead atoms. The van der Waals surface area contributed by atoms with Gasteiger partial charge in [-0.1, -0.05) is 38.1 Å². The molecule has 3 saturated heterocycles. The Bertz CT molecular complexity index is 1060. The molecular weight excluding hydrogens is 445 g/mol. The standard InChI is InChI=1S/C26H29F3N2O3/c1-25(2)14-19-4-3-18(16-5-7-20(8-6-16)34-26(27,28)29)13-21(19)23(25)30-24(32)33-22-15-31-11-9-17(22)10-12-31/h3-8,13,17,22-23H,9-12,14-15H2,1-2H3,(H,30,32)/t22-,23?/m1/s1. The number of alkyl carbamates (subject to hydrolysis) is 1. The predicted molar refractivity (Wildman–Crippen MR) is 121 cm³/mol. The van der Waals surface area contributed by atoms with Gasteiger partial charge in [-0.05, 0) is 84.1 Å². The number of nitrogens with one attached hydrogen (secondary N) is 1. The SMILES string of the molecule is CC1(C)Cc2ccc(-c3ccc(OC(F)(F)F)cc3)cc2C1NC(=O)O[C@@H]1CN2CCC1CC2. The molecule has 3 heterocycles. The van der Waals surface area contributed by atoms with E-state index < -0.39 is 6.36 Å². The Labute approximate surface area is 197 Å². The lowest BCUT2D eigenvalue weighted by molar-refractivity contribution is -0.274. The highest BCUT2D eigenvalue weighted by molar-refractivity contribution is 5.70. The lowest BCUT2D eigenvalue weighted by atomic mass is 9.85. The Kier molecular flexibility index (Phi) is 5.74. The van der Waals surface area contributed by atoms with E-state index in [2.05, 4.69) is 28.8 Å². The highest BCUT2D eigenvalue weighted by Crippen LogP contribution is 2.46. The van der Waals surface area contributed by atoms with Crippen LogP contribution < -0.4 is 10.1 Å². The quantitative estimate of drug-likeness (QED) is 0.618. The van der Waals surface area contributed by atoms with E-state index in [-0.39, 0.29) is 29.4 Å². The van der Waals surface area contributed by atoms with E-state index >= 15 is 0 Å². The second-order valence-corrected chi connectivity index (χ2v) is 10.3. The van der Waals surface area contributed by atoms with Crippen molar-refractivity contribution in [3.63, 3.8) is 0 Å². The fourth-order valence-electron chi connectivity index (χ4n) is 5.67. The van der Waals surface area contributed by atoms with Gasteiger partial charge in [0.2, 0.25) is 0 Å². The van der Waals surface area contributed by atoms with E-state index in [1.54, 1.807) is 12.1 Å². The van der Waals surface area contributed by atoms with Crippen molar-refractivity contribution in [1.82, 2.24) is 10.2 Å². The van der Waals surface area contributed by atoms with Crippen LogP contribution in [-0.4, -0.2) is 43.1 Å². The number of ether oxygens (including phenoxy) is 2. The summed E-state index contributed by atoms with van der Waals surface area (Å²) >= 11 is 0. The molecule has 2 aromatic rings. The van der Waals surface area contributed by atoms with E-state index in [4.69, 9.17) is 4.74 Å². The van der Waals surface area contributed by atoms with Crippen molar-refractivity contribution >= 4 is 6.09 Å². The maximum Gasteiger partial charge on any atom is 0.573 e. The van der Waals surface area contributed by atoms with Crippen LogP contribution in [0.5, 0.6) is 5.75 Å². The summed E-state index contributed by atoms with van der Waals surface area (Å²) in [6.07, 6.45) is -2.20. The molecule has 3 aliphatic heterocycles. The van der Waals surface area contributed by atoms with Gasteiger partial charge in [-0.2, -0.15) is 0 Å². The Hall–Kier alpha value is -2.74. The molecule has 0 radical (unpaired) electrons. The van der Waals surface area contributed by atoms with Crippen LogP contribution in [0.15, 0.2) is 42.5 Å². The molecule has 0 saturated carbocycles. The van der Waals surface area contributed by atoms with Gasteiger partial charge in [0, 0.05) is 6.54 Å². The molecule has 8 heteroatoms. The van der Waals surface area contributed by atoms with Crippen LogP contribution in [0, 0.1) is 11.3 Å². The minimum Gasteiger partial charge on any atom is -0.445 e. The van der Waals surface area contributed by atoms with Crippen LogP contribution in [0.1, 0.15) is 43.9 Å². The minimum absolute atomic E-state index is 0.0600. The van der Waals surface area contributed by atoms with Crippen LogP contribution >= 0.6 is 0 Å². The molecule has 0 spiro atoms. The summed E-state index contributed by atoms with van der Waals surface area (Å²) in [7, 11) is 0. The lowest BCUT2D eigenvalue weighted by Gasteiger charge is -2.44. The number of amides is 1. The van der Waals surface area contributed by atoms with Crippen LogP contribution in [0.4, 0.5) is 18.0 Å². The summed E-state index contributed by atoms with van der Waals surface area (Å²) in [4.78, 5) is 15.2. The van der Waals surface area contributed by atoms with E-state index in [0.29, 0.717) is 5.92 Å². The fraction of sp³-hybridized carbons (Fsp3) is 0.500. The minimum atomic E-state index is -4.72. The Morgan fingerprint density at radius 3 is 2.35 bits per heavy atom. The smallest absolute Gasteiger partial charge is 0.445 e. The van der Waals surface area contributed by atoms with Crippen molar-refractivity contribution in [3.05, 3.63) is 53.6 Å². The molecule has 1 aliphatic carbocycles. The molecule has 2 aromatic carbocycles. The third-order valence-electron chi connectivity index (χ3n) is 7.42. The predicted octanol–water partition coefficient (Wildman–Crippen LogP) is 5.70. The molecule has 0 aromatic heterocycles. The van der Waals surface area contributed by atoms with E-state index in [1.165, 1.54) is 12.1 Å². The number of halogens is 3. The molecule has 34 heavy (non-hydrogen) atoms. The van der Waals surface area contributed by atoms with Gasteiger partial charge in [0.05, 0.1) is 6.04 Å². The average molecular weight is 475 g/mol. The molecule has 182 valence electrons. The molecule has 1 amide bonds. The summed E-state index contributed by atoms with van der Waals surface area (Å²) in [6.45, 7) is 7.22. The first-order chi connectivity index (χ1) is 16.1. The van der Waals surface area contributed by atoms with Crippen LogP contribution in [0.2, 0.25) is 0 Å². The van der Waals surface area contributed by atoms with Gasteiger partial charge in [0.15, 0.2) is 0 Å². The van der Waals surface area contributed by atoms with Crippen molar-refractivity contribution < 1.29 is 27.4 Å². The summed E-state index contributed by atoms with van der Waals surface area (Å²) < 4.78 is 47.2. The average Bonchev–Trinajstić information content (AvgIpc) is 3.03. The van der Waals surface area contributed by atoms with Gasteiger partial charge >= 0.3 is 12.5 Å². The first-order valence-electron chi connectivity index (χ1n) is 11.8. The number of hydrogen-bond donors (Lipinski definition) is 1. The number of hydrogen-bond acceptors (Lipinski definition) is 4. The molecule has 1 unspecified atom stereocenters. The largest absolute Gasteiger partial charge is 0.573 e. The maximum absolute atomic E-state index is 12.9. The number of nitrogens with zero attached hydrogens (tertiary/aromatic N) is 1. The van der Waals surface area contributed by atoms with Crippen molar-refractivity contribution in [2.24, 2.45) is 11.3 Å². The number of carbonyl (C=O) groups excluding carboxylic acids is 1. The summed E-state index contributed by atoms with van der Waals surface area (Å²) in [6, 6.07) is 11.6. The van der Waals surface area contributed by atoms with Gasteiger partial charge in [0.1, 0.15) is 11.9 Å². The Balaban J connectivity index is 1.32. The molecule has 3 fully saturated rings. The molecule has 1 N–H and O–H groups in total. The third kappa shape index (κ3) is 4.73. The van der Waals surface area contributed by atoms with Gasteiger partial charge in [-0.3, -0.25) is 4.90 Å². The summed E-state index contributed by atoms with van der Waals surface area (Å²) in [5, 5.41) is 3.12. The van der Waals surface area contributed by atoms with Crippen LogP contribution in [0.25, 0.3) is 11.1 Å². The highest BCUT2D eigenvalue weighted by atomic mass is 19.4. The van der Waals surface area contributed by atoms with E-state index in [1.807, 2.05) is 18.2 Å². The zero-order valence-electron chi connectivity index (χ0n) is 19.3. The third-order valence-corrected chi connectivity index (χ3v) is 7.42. The summed E-state index contributed by atoms with van der Waals surface area (Å²) in [5.74, 6) is 0.184. The normalized spacial score (nSPS) is 27.2. The number of alkyl halides is 3. The molecule has 6 rings (SSSR count). The zero-order valence-corrected chi connectivity index (χ0v) is 19.3. The van der Waals surface area contributed by atoms with Gasteiger partial charge < -0.3 is 14.8 Å². The second kappa shape index (κ2) is 8.48. The topological polar surface area (TPSA) is 50.8 Å². The van der Waals surface area contributed by atoms with Gasteiger partial charge in [-0.15, -0.1) is 13.2 Å². The first-order valence-corrected chi connectivity index (χ1v) is 11.8. The number of piperidine rings is 3. The first kappa shape index (κ1) is 23.0. The molecule has 2 atom stereocenters. The maximum atomic E-state index is 12.9. The van der Waals surface area contributed by atoms with E-state index in [0.717, 1.165) is 61.2 Å². The van der Waals surface area contributed by atoms with Crippen molar-refractivity contribution in [1.29, 1.82) is 0 Å². The van der Waals surface area contributed by atoms with Crippen molar-refractivity contribution in [2.45, 2.75) is 51.6 Å². The second-order valence-electron chi connectivity index (χ2n) is 10.3.